The highest BCUT2D eigenvalue weighted by Crippen LogP contribution is 2.26. The minimum absolute atomic E-state index is 0.155. The van der Waals surface area contributed by atoms with Gasteiger partial charge in [-0.15, -0.1) is 0 Å². The van der Waals surface area contributed by atoms with Gasteiger partial charge in [-0.3, -0.25) is 23.9 Å². The van der Waals surface area contributed by atoms with Crippen molar-refractivity contribution in [2.45, 2.75) is 38.4 Å². The van der Waals surface area contributed by atoms with Crippen molar-refractivity contribution in [3.63, 3.8) is 0 Å². The molecule has 3 heterocycles. The molecule has 1 atom stereocenters. The van der Waals surface area contributed by atoms with Gasteiger partial charge in [0.25, 0.3) is 5.91 Å². The first-order chi connectivity index (χ1) is 16.5. The maximum atomic E-state index is 14.7. The molecule has 1 aliphatic rings. The monoisotopic (exact) mass is 494 g/mol. The van der Waals surface area contributed by atoms with Gasteiger partial charge in [0.15, 0.2) is 5.65 Å². The molecular weight excluding hydrogens is 475 g/mol. The smallest absolute Gasteiger partial charge is 0.340 e. The van der Waals surface area contributed by atoms with Gasteiger partial charge in [0.05, 0.1) is 11.1 Å². The zero-order valence-electron chi connectivity index (χ0n) is 18.3. The average Bonchev–Trinajstić information content (AvgIpc) is 3.23. The van der Waals surface area contributed by atoms with Gasteiger partial charge in [-0.2, -0.15) is 13.2 Å². The van der Waals surface area contributed by atoms with Gasteiger partial charge in [0.1, 0.15) is 29.1 Å². The first-order valence-electron chi connectivity index (χ1n) is 10.7. The van der Waals surface area contributed by atoms with Crippen LogP contribution >= 0.6 is 0 Å². The van der Waals surface area contributed by atoms with E-state index in [0.29, 0.717) is 25.5 Å². The number of aromatic nitrogens is 2. The lowest BCUT2D eigenvalue weighted by atomic mass is 10.1. The fourth-order valence-corrected chi connectivity index (χ4v) is 3.91. The predicted octanol–water partition coefficient (Wildman–Crippen LogP) is 3.86. The zero-order valence-corrected chi connectivity index (χ0v) is 18.3. The van der Waals surface area contributed by atoms with Gasteiger partial charge in [-0.05, 0) is 37.1 Å². The molecule has 3 aromatic rings. The van der Waals surface area contributed by atoms with Gasteiger partial charge >= 0.3 is 6.18 Å². The molecule has 35 heavy (non-hydrogen) atoms. The van der Waals surface area contributed by atoms with Crippen molar-refractivity contribution in [3.05, 3.63) is 63.9 Å². The molecule has 0 radical (unpaired) electrons. The Morgan fingerprint density at radius 2 is 1.91 bits per heavy atom. The van der Waals surface area contributed by atoms with E-state index in [-0.39, 0.29) is 28.4 Å². The van der Waals surface area contributed by atoms with Crippen LogP contribution in [0.25, 0.3) is 16.7 Å². The van der Waals surface area contributed by atoms with Crippen molar-refractivity contribution in [2.24, 2.45) is 0 Å². The molecule has 0 saturated carbocycles. The van der Waals surface area contributed by atoms with E-state index in [9.17, 15) is 36.3 Å². The SMILES string of the molecule is CCC(NC(=O)c1cn(-c2ccc(F)cc2F)c2nc(N3CCCC3=O)ccc2c1=O)C(F)(F)F. The number of fused-ring (bicyclic) bond motifs is 1. The van der Waals surface area contributed by atoms with Crippen LogP contribution < -0.4 is 15.6 Å². The number of anilines is 1. The number of halogens is 5. The van der Waals surface area contributed by atoms with Crippen molar-refractivity contribution in [1.82, 2.24) is 14.9 Å². The first-order valence-corrected chi connectivity index (χ1v) is 10.7. The summed E-state index contributed by atoms with van der Waals surface area (Å²) in [6.45, 7) is 1.60. The summed E-state index contributed by atoms with van der Waals surface area (Å²) < 4.78 is 68.8. The number of carbonyl (C=O) groups excluding carboxylic acids is 2. The molecular formula is C23H19F5N4O3. The van der Waals surface area contributed by atoms with E-state index in [1.165, 1.54) is 24.0 Å². The molecule has 1 unspecified atom stereocenters. The number of pyridine rings is 2. The first kappa shape index (κ1) is 24.3. The van der Waals surface area contributed by atoms with Crippen LogP contribution in [0.4, 0.5) is 27.8 Å². The Balaban J connectivity index is 1.93. The molecule has 2 aromatic heterocycles. The topological polar surface area (TPSA) is 84.3 Å². The lowest BCUT2D eigenvalue weighted by Crippen LogP contribution is -2.46. The maximum absolute atomic E-state index is 14.7. The summed E-state index contributed by atoms with van der Waals surface area (Å²) in [5.74, 6) is -3.28. The normalized spacial score (nSPS) is 15.0. The number of carbonyl (C=O) groups is 2. The number of hydrogen-bond acceptors (Lipinski definition) is 4. The Labute approximate surface area is 195 Å². The minimum Gasteiger partial charge on any atom is -0.340 e. The molecule has 2 amide bonds. The molecule has 184 valence electrons. The highest BCUT2D eigenvalue weighted by molar-refractivity contribution is 5.98. The Kier molecular flexibility index (Phi) is 6.30. The van der Waals surface area contributed by atoms with Crippen LogP contribution in [0.1, 0.15) is 36.5 Å². The number of rotatable bonds is 5. The summed E-state index contributed by atoms with van der Waals surface area (Å²) in [7, 11) is 0. The van der Waals surface area contributed by atoms with Crippen LogP contribution in [-0.4, -0.2) is 40.1 Å². The Morgan fingerprint density at radius 1 is 1.17 bits per heavy atom. The van der Waals surface area contributed by atoms with Crippen molar-refractivity contribution in [1.29, 1.82) is 0 Å². The third-order valence-corrected chi connectivity index (χ3v) is 5.71. The van der Waals surface area contributed by atoms with Gasteiger partial charge in [0, 0.05) is 25.2 Å². The fraction of sp³-hybridized carbons (Fsp3) is 0.304. The fourth-order valence-electron chi connectivity index (χ4n) is 3.91. The van der Waals surface area contributed by atoms with Crippen LogP contribution in [0, 0.1) is 11.6 Å². The zero-order chi connectivity index (χ0) is 25.5. The van der Waals surface area contributed by atoms with Crippen LogP contribution in [-0.2, 0) is 4.79 Å². The van der Waals surface area contributed by atoms with Crippen LogP contribution in [0.2, 0.25) is 0 Å². The van der Waals surface area contributed by atoms with Gasteiger partial charge in [-0.1, -0.05) is 6.92 Å². The number of hydrogen-bond donors (Lipinski definition) is 1. The van der Waals surface area contributed by atoms with E-state index in [0.717, 1.165) is 22.9 Å². The number of alkyl halides is 3. The molecule has 1 aromatic carbocycles. The molecule has 1 N–H and O–H groups in total. The third kappa shape index (κ3) is 4.60. The summed E-state index contributed by atoms with van der Waals surface area (Å²) in [6, 6.07) is 2.97. The molecule has 7 nitrogen and oxygen atoms in total. The van der Waals surface area contributed by atoms with E-state index < -0.39 is 47.2 Å². The van der Waals surface area contributed by atoms with E-state index >= 15 is 0 Å². The average molecular weight is 494 g/mol. The number of amides is 2. The quantitative estimate of drug-likeness (QED) is 0.546. The molecule has 0 aliphatic carbocycles. The number of nitrogens with one attached hydrogen (secondary N) is 1. The van der Waals surface area contributed by atoms with Crippen LogP contribution in [0.15, 0.2) is 41.3 Å². The largest absolute Gasteiger partial charge is 0.408 e. The van der Waals surface area contributed by atoms with E-state index in [1.807, 2.05) is 0 Å². The summed E-state index contributed by atoms with van der Waals surface area (Å²) in [5, 5.41) is 1.59. The van der Waals surface area contributed by atoms with E-state index in [4.69, 9.17) is 0 Å². The van der Waals surface area contributed by atoms with Crippen molar-refractivity contribution < 1.29 is 31.5 Å². The van der Waals surface area contributed by atoms with Gasteiger partial charge in [-0.25, -0.2) is 13.8 Å². The van der Waals surface area contributed by atoms with E-state index in [2.05, 4.69) is 4.98 Å². The minimum atomic E-state index is -4.75. The van der Waals surface area contributed by atoms with E-state index in [1.54, 1.807) is 5.32 Å². The second kappa shape index (κ2) is 9.08. The van der Waals surface area contributed by atoms with Crippen molar-refractivity contribution in [2.75, 3.05) is 11.4 Å². The standard InChI is InChI=1S/C23H19F5N4O3/c1-2-17(23(26,27)28)29-22(35)14-11-32(16-7-5-12(24)10-15(16)25)21-13(20(14)34)6-8-18(30-21)31-9-3-4-19(31)33/h5-8,10-11,17H,2-4,9H2,1H3,(H,29,35). The Morgan fingerprint density at radius 3 is 2.51 bits per heavy atom. The number of nitrogens with zero attached hydrogens (tertiary/aromatic N) is 3. The van der Waals surface area contributed by atoms with Gasteiger partial charge < -0.3 is 5.32 Å². The summed E-state index contributed by atoms with van der Waals surface area (Å²) >= 11 is 0. The summed E-state index contributed by atoms with van der Waals surface area (Å²) in [4.78, 5) is 43.6. The van der Waals surface area contributed by atoms with Crippen LogP contribution in [0.3, 0.4) is 0 Å². The molecule has 0 spiro atoms. The molecule has 0 bridgehead atoms. The second-order valence-electron chi connectivity index (χ2n) is 8.00. The Bertz CT molecular complexity index is 1390. The molecule has 1 saturated heterocycles. The lowest BCUT2D eigenvalue weighted by Gasteiger charge is -2.21. The van der Waals surface area contributed by atoms with Crippen molar-refractivity contribution >= 4 is 28.7 Å². The van der Waals surface area contributed by atoms with Gasteiger partial charge in [0.2, 0.25) is 11.3 Å². The molecule has 4 rings (SSSR count). The van der Waals surface area contributed by atoms with Crippen molar-refractivity contribution in [3.8, 4) is 5.69 Å². The highest BCUT2D eigenvalue weighted by Gasteiger charge is 2.39. The highest BCUT2D eigenvalue weighted by atomic mass is 19.4. The molecule has 12 heteroatoms. The maximum Gasteiger partial charge on any atom is 0.408 e. The molecule has 1 aliphatic heterocycles. The molecule has 1 fully saturated rings. The summed E-state index contributed by atoms with van der Waals surface area (Å²) in [5.41, 5.74) is -2.07. The summed E-state index contributed by atoms with van der Waals surface area (Å²) in [6.07, 6.45) is -3.46. The van der Waals surface area contributed by atoms with Crippen LogP contribution in [0.5, 0.6) is 0 Å². The predicted molar refractivity (Wildman–Crippen MR) is 116 cm³/mol. The lowest BCUT2D eigenvalue weighted by molar-refractivity contribution is -0.153. The Hall–Kier alpha value is -3.83. The number of benzene rings is 1. The second-order valence-corrected chi connectivity index (χ2v) is 8.00. The third-order valence-electron chi connectivity index (χ3n) is 5.71.